The zero-order valence-corrected chi connectivity index (χ0v) is 9.29. The minimum atomic E-state index is -0.349. The van der Waals surface area contributed by atoms with Crippen molar-refractivity contribution in [3.8, 4) is 11.3 Å². The molecule has 1 aromatic heterocycles. The highest BCUT2D eigenvalue weighted by molar-refractivity contribution is 9.10. The number of aromatic nitrogens is 1. The van der Waals surface area contributed by atoms with Crippen molar-refractivity contribution in [3.63, 3.8) is 0 Å². The number of hydrogen-bond donors (Lipinski definition) is 1. The van der Waals surface area contributed by atoms with Crippen LogP contribution in [0.3, 0.4) is 0 Å². The third kappa shape index (κ3) is 2.08. The van der Waals surface area contributed by atoms with Crippen molar-refractivity contribution in [2.24, 2.45) is 5.73 Å². The fourth-order valence-electron chi connectivity index (χ4n) is 1.22. The molecule has 78 valence electrons. The number of nitrogens with zero attached hydrogens (tertiary/aromatic N) is 1. The first-order valence-corrected chi connectivity index (χ1v) is 5.10. The van der Waals surface area contributed by atoms with Gasteiger partial charge in [-0.2, -0.15) is 0 Å². The highest BCUT2D eigenvalue weighted by atomic mass is 79.9. The Labute approximate surface area is 94.2 Å². The molecular weight excluding hydrogens is 263 g/mol. The summed E-state index contributed by atoms with van der Waals surface area (Å²) in [5.41, 5.74) is 5.72. The van der Waals surface area contributed by atoms with Gasteiger partial charge in [0.1, 0.15) is 5.82 Å². The highest BCUT2D eigenvalue weighted by Crippen LogP contribution is 2.26. The first-order valence-electron chi connectivity index (χ1n) is 4.31. The number of halogens is 2. The van der Waals surface area contributed by atoms with Crippen LogP contribution in [0.4, 0.5) is 4.39 Å². The zero-order valence-electron chi connectivity index (χ0n) is 7.71. The lowest BCUT2D eigenvalue weighted by Gasteiger charge is -1.99. The summed E-state index contributed by atoms with van der Waals surface area (Å²) in [5.74, 6) is 0.427. The monoisotopic (exact) mass is 270 g/mol. The van der Waals surface area contributed by atoms with Gasteiger partial charge >= 0.3 is 0 Å². The SMILES string of the molecule is NCc1ncc(-c2cc(Br)ccc2F)o1. The van der Waals surface area contributed by atoms with E-state index in [-0.39, 0.29) is 12.4 Å². The molecule has 0 fully saturated rings. The second-order valence-electron chi connectivity index (χ2n) is 2.95. The Balaban J connectivity index is 2.48. The van der Waals surface area contributed by atoms with E-state index >= 15 is 0 Å². The largest absolute Gasteiger partial charge is 0.439 e. The fourth-order valence-corrected chi connectivity index (χ4v) is 1.58. The summed E-state index contributed by atoms with van der Waals surface area (Å²) in [7, 11) is 0. The van der Waals surface area contributed by atoms with Crippen molar-refractivity contribution in [1.82, 2.24) is 4.98 Å². The minimum Gasteiger partial charge on any atom is -0.439 e. The first kappa shape index (κ1) is 10.3. The van der Waals surface area contributed by atoms with Gasteiger partial charge in [-0.25, -0.2) is 9.37 Å². The van der Waals surface area contributed by atoms with E-state index in [1.54, 1.807) is 12.1 Å². The summed E-state index contributed by atoms with van der Waals surface area (Å²) in [4.78, 5) is 3.91. The van der Waals surface area contributed by atoms with E-state index in [0.29, 0.717) is 17.2 Å². The normalized spacial score (nSPS) is 10.6. The molecule has 0 aliphatic rings. The molecule has 1 heterocycles. The van der Waals surface area contributed by atoms with Crippen molar-refractivity contribution >= 4 is 15.9 Å². The molecule has 2 rings (SSSR count). The second kappa shape index (κ2) is 4.12. The fraction of sp³-hybridized carbons (Fsp3) is 0.100. The molecule has 0 saturated carbocycles. The van der Waals surface area contributed by atoms with E-state index < -0.39 is 0 Å². The molecule has 0 spiro atoms. The van der Waals surface area contributed by atoms with Crippen LogP contribution in [-0.4, -0.2) is 4.98 Å². The lowest BCUT2D eigenvalue weighted by molar-refractivity contribution is 0.505. The van der Waals surface area contributed by atoms with Crippen LogP contribution in [0.2, 0.25) is 0 Å². The smallest absolute Gasteiger partial charge is 0.208 e. The Kier molecular flexibility index (Phi) is 2.83. The molecule has 0 radical (unpaired) electrons. The molecule has 0 unspecified atom stereocenters. The second-order valence-corrected chi connectivity index (χ2v) is 3.86. The van der Waals surface area contributed by atoms with Crippen molar-refractivity contribution in [2.45, 2.75) is 6.54 Å². The highest BCUT2D eigenvalue weighted by Gasteiger charge is 2.10. The van der Waals surface area contributed by atoms with Crippen LogP contribution in [0.5, 0.6) is 0 Å². The van der Waals surface area contributed by atoms with Crippen LogP contribution >= 0.6 is 15.9 Å². The maximum Gasteiger partial charge on any atom is 0.208 e. The van der Waals surface area contributed by atoms with E-state index in [0.717, 1.165) is 4.47 Å². The van der Waals surface area contributed by atoms with Gasteiger partial charge in [0.15, 0.2) is 5.76 Å². The molecule has 0 amide bonds. The van der Waals surface area contributed by atoms with E-state index in [2.05, 4.69) is 20.9 Å². The molecule has 3 nitrogen and oxygen atoms in total. The topological polar surface area (TPSA) is 52.0 Å². The Hall–Kier alpha value is -1.20. The summed E-state index contributed by atoms with van der Waals surface area (Å²) in [5, 5.41) is 0. The van der Waals surface area contributed by atoms with Gasteiger partial charge in [-0.15, -0.1) is 0 Å². The Bertz CT molecular complexity index is 484. The molecule has 2 aromatic rings. The molecule has 1 aromatic carbocycles. The van der Waals surface area contributed by atoms with Crippen LogP contribution in [-0.2, 0) is 6.54 Å². The predicted molar refractivity (Wildman–Crippen MR) is 57.5 cm³/mol. The molecule has 0 aliphatic heterocycles. The van der Waals surface area contributed by atoms with Gasteiger partial charge in [0, 0.05) is 4.47 Å². The average molecular weight is 271 g/mol. The molecule has 5 heteroatoms. The van der Waals surface area contributed by atoms with Crippen LogP contribution in [0, 0.1) is 5.82 Å². The van der Waals surface area contributed by atoms with E-state index in [4.69, 9.17) is 10.2 Å². The van der Waals surface area contributed by atoms with Crippen molar-refractivity contribution in [1.29, 1.82) is 0 Å². The van der Waals surface area contributed by atoms with Crippen molar-refractivity contribution in [2.75, 3.05) is 0 Å². The molecule has 0 aliphatic carbocycles. The van der Waals surface area contributed by atoms with Crippen molar-refractivity contribution < 1.29 is 8.81 Å². The minimum absolute atomic E-state index is 0.204. The first-order chi connectivity index (χ1) is 7.20. The summed E-state index contributed by atoms with van der Waals surface area (Å²) in [6, 6.07) is 4.62. The maximum absolute atomic E-state index is 13.4. The summed E-state index contributed by atoms with van der Waals surface area (Å²) in [6.45, 7) is 0.204. The Morgan fingerprint density at radius 3 is 2.93 bits per heavy atom. The lowest BCUT2D eigenvalue weighted by atomic mass is 10.2. The molecule has 0 bridgehead atoms. The summed E-state index contributed by atoms with van der Waals surface area (Å²) >= 11 is 3.26. The molecule has 0 saturated heterocycles. The third-order valence-corrected chi connectivity index (χ3v) is 2.42. The van der Waals surface area contributed by atoms with E-state index in [9.17, 15) is 4.39 Å². The summed E-state index contributed by atoms with van der Waals surface area (Å²) < 4.78 is 19.5. The Morgan fingerprint density at radius 1 is 1.47 bits per heavy atom. The number of rotatable bonds is 2. The number of benzene rings is 1. The quantitative estimate of drug-likeness (QED) is 0.913. The standard InChI is InChI=1S/C10H8BrFN2O/c11-6-1-2-8(12)7(3-6)9-5-14-10(4-13)15-9/h1-3,5H,4,13H2. The summed E-state index contributed by atoms with van der Waals surface area (Å²) in [6.07, 6.45) is 1.47. The van der Waals surface area contributed by atoms with Crippen LogP contribution in [0.25, 0.3) is 11.3 Å². The van der Waals surface area contributed by atoms with Gasteiger partial charge in [0.25, 0.3) is 0 Å². The molecule has 15 heavy (non-hydrogen) atoms. The lowest BCUT2D eigenvalue weighted by Crippen LogP contribution is -1.94. The van der Waals surface area contributed by atoms with Gasteiger partial charge in [-0.3, -0.25) is 0 Å². The van der Waals surface area contributed by atoms with Crippen LogP contribution < -0.4 is 5.73 Å². The third-order valence-electron chi connectivity index (χ3n) is 1.92. The van der Waals surface area contributed by atoms with Gasteiger partial charge in [0.05, 0.1) is 18.3 Å². The van der Waals surface area contributed by atoms with Gasteiger partial charge in [-0.05, 0) is 18.2 Å². The Morgan fingerprint density at radius 2 is 2.27 bits per heavy atom. The van der Waals surface area contributed by atoms with Crippen LogP contribution in [0.1, 0.15) is 5.89 Å². The van der Waals surface area contributed by atoms with Gasteiger partial charge in [-0.1, -0.05) is 15.9 Å². The van der Waals surface area contributed by atoms with E-state index in [1.807, 2.05) is 0 Å². The number of hydrogen-bond acceptors (Lipinski definition) is 3. The number of nitrogens with two attached hydrogens (primary N) is 1. The molecular formula is C10H8BrFN2O. The van der Waals surface area contributed by atoms with Crippen molar-refractivity contribution in [3.05, 3.63) is 40.6 Å². The average Bonchev–Trinajstić information content (AvgIpc) is 2.70. The number of oxazole rings is 1. The predicted octanol–water partition coefficient (Wildman–Crippen LogP) is 2.70. The van der Waals surface area contributed by atoms with Gasteiger partial charge in [0.2, 0.25) is 5.89 Å². The zero-order chi connectivity index (χ0) is 10.8. The maximum atomic E-state index is 13.4. The molecule has 2 N–H and O–H groups in total. The molecule has 0 atom stereocenters. The van der Waals surface area contributed by atoms with Gasteiger partial charge < -0.3 is 10.2 Å². The van der Waals surface area contributed by atoms with Crippen LogP contribution in [0.15, 0.2) is 33.3 Å². The van der Waals surface area contributed by atoms with E-state index in [1.165, 1.54) is 12.3 Å².